The summed E-state index contributed by atoms with van der Waals surface area (Å²) in [6.45, 7) is 1.19. The van der Waals surface area contributed by atoms with Crippen LogP contribution in [0.25, 0.3) is 0 Å². The third-order valence-electron chi connectivity index (χ3n) is 4.97. The molecule has 1 aliphatic heterocycles. The van der Waals surface area contributed by atoms with Crippen LogP contribution in [0.5, 0.6) is 0 Å². The van der Waals surface area contributed by atoms with Gasteiger partial charge in [0.1, 0.15) is 0 Å². The Labute approximate surface area is 176 Å². The van der Waals surface area contributed by atoms with Crippen molar-refractivity contribution in [3.05, 3.63) is 70.7 Å². The number of amides is 2. The standard InChI is InChI=1S/C21H24ClN3O2.ClH/c22-18-11-5-4-10-17(18)21(27)24-19(15-7-2-1-3-8-15)13-20(26)25-12-6-9-16(25)14-23;/h1-5,7-8,10-11,16,19H,6,9,12-14,23H2,(H,24,27);1H. The molecular formula is C21H25Cl2N3O2. The van der Waals surface area contributed by atoms with Gasteiger partial charge in [-0.3, -0.25) is 9.59 Å². The molecule has 2 atom stereocenters. The van der Waals surface area contributed by atoms with Crippen LogP contribution in [0.15, 0.2) is 54.6 Å². The van der Waals surface area contributed by atoms with Crippen LogP contribution in [0, 0.1) is 0 Å². The van der Waals surface area contributed by atoms with Gasteiger partial charge in [0.15, 0.2) is 0 Å². The maximum absolute atomic E-state index is 12.9. The van der Waals surface area contributed by atoms with Crippen molar-refractivity contribution in [1.82, 2.24) is 10.2 Å². The molecule has 2 aromatic carbocycles. The fourth-order valence-corrected chi connectivity index (χ4v) is 3.74. The van der Waals surface area contributed by atoms with Crippen molar-refractivity contribution in [1.29, 1.82) is 0 Å². The van der Waals surface area contributed by atoms with Crippen LogP contribution in [0.2, 0.25) is 5.02 Å². The van der Waals surface area contributed by atoms with Crippen molar-refractivity contribution < 1.29 is 9.59 Å². The number of hydrogen-bond acceptors (Lipinski definition) is 3. The first-order valence-electron chi connectivity index (χ1n) is 9.20. The fraction of sp³-hybridized carbons (Fsp3) is 0.333. The lowest BCUT2D eigenvalue weighted by Gasteiger charge is -2.27. The monoisotopic (exact) mass is 421 g/mol. The molecule has 1 heterocycles. The number of hydrogen-bond donors (Lipinski definition) is 2. The van der Waals surface area contributed by atoms with E-state index in [0.717, 1.165) is 24.9 Å². The van der Waals surface area contributed by atoms with E-state index in [9.17, 15) is 9.59 Å². The predicted molar refractivity (Wildman–Crippen MR) is 114 cm³/mol. The maximum Gasteiger partial charge on any atom is 0.253 e. The zero-order chi connectivity index (χ0) is 19.2. The van der Waals surface area contributed by atoms with Gasteiger partial charge in [-0.15, -0.1) is 12.4 Å². The van der Waals surface area contributed by atoms with E-state index in [1.165, 1.54) is 0 Å². The summed E-state index contributed by atoms with van der Waals surface area (Å²) in [7, 11) is 0. The Bertz CT molecular complexity index is 801. The molecule has 0 aliphatic carbocycles. The number of likely N-dealkylation sites (tertiary alicyclic amines) is 1. The van der Waals surface area contributed by atoms with Gasteiger partial charge in [0, 0.05) is 19.1 Å². The molecule has 1 aliphatic rings. The smallest absolute Gasteiger partial charge is 0.253 e. The number of carbonyl (C=O) groups excluding carboxylic acids is 2. The zero-order valence-corrected chi connectivity index (χ0v) is 17.1. The molecule has 7 heteroatoms. The van der Waals surface area contributed by atoms with E-state index >= 15 is 0 Å². The molecule has 150 valence electrons. The number of nitrogens with two attached hydrogens (primary N) is 1. The number of carbonyl (C=O) groups is 2. The predicted octanol–water partition coefficient (Wildman–Crippen LogP) is 3.57. The fourth-order valence-electron chi connectivity index (χ4n) is 3.52. The highest BCUT2D eigenvalue weighted by molar-refractivity contribution is 6.33. The third kappa shape index (κ3) is 5.25. The van der Waals surface area contributed by atoms with Crippen molar-refractivity contribution in [3.8, 4) is 0 Å². The molecule has 0 aromatic heterocycles. The van der Waals surface area contributed by atoms with Crippen molar-refractivity contribution in [3.63, 3.8) is 0 Å². The van der Waals surface area contributed by atoms with E-state index < -0.39 is 6.04 Å². The van der Waals surface area contributed by atoms with E-state index in [1.54, 1.807) is 24.3 Å². The molecule has 28 heavy (non-hydrogen) atoms. The Morgan fingerprint density at radius 2 is 1.82 bits per heavy atom. The Morgan fingerprint density at radius 3 is 2.50 bits per heavy atom. The quantitative estimate of drug-likeness (QED) is 0.748. The molecule has 3 rings (SSSR count). The molecule has 2 aromatic rings. The minimum absolute atomic E-state index is 0. The van der Waals surface area contributed by atoms with Crippen molar-refractivity contribution in [2.45, 2.75) is 31.3 Å². The van der Waals surface area contributed by atoms with Crippen molar-refractivity contribution in [2.75, 3.05) is 13.1 Å². The first kappa shape index (κ1) is 22.2. The molecule has 0 radical (unpaired) electrons. The molecule has 2 unspecified atom stereocenters. The van der Waals surface area contributed by atoms with Crippen LogP contribution in [-0.4, -0.2) is 35.8 Å². The summed E-state index contributed by atoms with van der Waals surface area (Å²) in [5, 5.41) is 3.36. The second-order valence-corrected chi connectivity index (χ2v) is 7.15. The van der Waals surface area contributed by atoms with Crippen LogP contribution >= 0.6 is 24.0 Å². The highest BCUT2D eigenvalue weighted by Gasteiger charge is 2.30. The molecule has 0 bridgehead atoms. The first-order chi connectivity index (χ1) is 13.1. The molecule has 5 nitrogen and oxygen atoms in total. The second-order valence-electron chi connectivity index (χ2n) is 6.74. The summed E-state index contributed by atoms with van der Waals surface area (Å²) in [6, 6.07) is 16.1. The number of nitrogens with zero attached hydrogens (tertiary/aromatic N) is 1. The van der Waals surface area contributed by atoms with Crippen molar-refractivity contribution >= 4 is 35.8 Å². The first-order valence-corrected chi connectivity index (χ1v) is 9.58. The zero-order valence-electron chi connectivity index (χ0n) is 15.5. The number of benzene rings is 2. The number of nitrogens with one attached hydrogen (secondary N) is 1. The van der Waals surface area contributed by atoms with Gasteiger partial charge in [-0.05, 0) is 30.5 Å². The Morgan fingerprint density at radius 1 is 1.14 bits per heavy atom. The highest BCUT2D eigenvalue weighted by atomic mass is 35.5. The maximum atomic E-state index is 12.9. The SMILES string of the molecule is Cl.NCC1CCCN1C(=O)CC(NC(=O)c1ccccc1Cl)c1ccccc1. The average Bonchev–Trinajstić information content (AvgIpc) is 3.17. The summed E-state index contributed by atoms with van der Waals surface area (Å²) in [5.41, 5.74) is 7.08. The lowest BCUT2D eigenvalue weighted by Crippen LogP contribution is -2.42. The van der Waals surface area contributed by atoms with E-state index in [4.69, 9.17) is 17.3 Å². The normalized spacial score (nSPS) is 16.9. The van der Waals surface area contributed by atoms with Gasteiger partial charge < -0.3 is 16.0 Å². The third-order valence-corrected chi connectivity index (χ3v) is 5.30. The van der Waals surface area contributed by atoms with E-state index in [1.807, 2.05) is 35.2 Å². The van der Waals surface area contributed by atoms with Gasteiger partial charge >= 0.3 is 0 Å². The van der Waals surface area contributed by atoms with Gasteiger partial charge in [-0.1, -0.05) is 54.1 Å². The molecule has 3 N–H and O–H groups in total. The van der Waals surface area contributed by atoms with Gasteiger partial charge in [0.2, 0.25) is 5.91 Å². The molecular weight excluding hydrogens is 397 g/mol. The summed E-state index contributed by atoms with van der Waals surface area (Å²) >= 11 is 6.15. The van der Waals surface area contributed by atoms with Crippen LogP contribution in [0.3, 0.4) is 0 Å². The molecule has 1 saturated heterocycles. The molecule has 0 saturated carbocycles. The van der Waals surface area contributed by atoms with Gasteiger partial charge in [-0.2, -0.15) is 0 Å². The molecule has 2 amide bonds. The summed E-state index contributed by atoms with van der Waals surface area (Å²) in [4.78, 5) is 27.5. The van der Waals surface area contributed by atoms with E-state index in [0.29, 0.717) is 17.1 Å². The van der Waals surface area contributed by atoms with Gasteiger partial charge in [0.25, 0.3) is 5.91 Å². The minimum Gasteiger partial charge on any atom is -0.345 e. The lowest BCUT2D eigenvalue weighted by molar-refractivity contribution is -0.132. The van der Waals surface area contributed by atoms with Gasteiger partial charge in [-0.25, -0.2) is 0 Å². The summed E-state index contributed by atoms with van der Waals surface area (Å²) < 4.78 is 0. The second kappa shape index (κ2) is 10.5. The Balaban J connectivity index is 0.00000280. The van der Waals surface area contributed by atoms with Crippen molar-refractivity contribution in [2.24, 2.45) is 5.73 Å². The van der Waals surface area contributed by atoms with Crippen LogP contribution < -0.4 is 11.1 Å². The minimum atomic E-state index is -0.429. The van der Waals surface area contributed by atoms with E-state index in [-0.39, 0.29) is 36.7 Å². The van der Waals surface area contributed by atoms with Crippen LogP contribution in [-0.2, 0) is 4.79 Å². The molecule has 0 spiro atoms. The lowest BCUT2D eigenvalue weighted by atomic mass is 10.0. The summed E-state index contributed by atoms with van der Waals surface area (Å²) in [5.74, 6) is -0.282. The van der Waals surface area contributed by atoms with Gasteiger partial charge in [0.05, 0.1) is 23.0 Å². The van der Waals surface area contributed by atoms with E-state index in [2.05, 4.69) is 5.32 Å². The summed E-state index contributed by atoms with van der Waals surface area (Å²) in [6.07, 6.45) is 2.09. The topological polar surface area (TPSA) is 75.4 Å². The number of rotatable bonds is 6. The number of halogens is 2. The highest BCUT2D eigenvalue weighted by Crippen LogP contribution is 2.24. The van der Waals surface area contributed by atoms with Crippen LogP contribution in [0.4, 0.5) is 0 Å². The van der Waals surface area contributed by atoms with Crippen LogP contribution in [0.1, 0.15) is 41.2 Å². The Kier molecular flexibility index (Phi) is 8.30. The molecule has 1 fully saturated rings. The largest absolute Gasteiger partial charge is 0.345 e. The average molecular weight is 422 g/mol. The Hall–Kier alpha value is -2.08.